The highest BCUT2D eigenvalue weighted by atomic mass is 19.3. The molecule has 0 aliphatic rings. The average Bonchev–Trinajstić information content (AvgIpc) is 3.08. The lowest BCUT2D eigenvalue weighted by Crippen LogP contribution is -2.38. The highest BCUT2D eigenvalue weighted by Crippen LogP contribution is 2.27. The Kier molecular flexibility index (Phi) is 8.69. The van der Waals surface area contributed by atoms with Crippen LogP contribution in [0.5, 0.6) is 11.5 Å². The molecule has 1 heterocycles. The van der Waals surface area contributed by atoms with Crippen molar-refractivity contribution < 1.29 is 18.3 Å². The third-order valence-electron chi connectivity index (χ3n) is 4.00. The smallest absolute Gasteiger partial charge is 0.387 e. The first-order valence-corrected chi connectivity index (χ1v) is 9.60. The Morgan fingerprint density at radius 3 is 2.76 bits per heavy atom. The minimum absolute atomic E-state index is 0.0723. The normalized spacial score (nSPS) is 11.6. The largest absolute Gasteiger partial charge is 0.493 e. The van der Waals surface area contributed by atoms with E-state index in [9.17, 15) is 8.78 Å². The molecule has 0 spiro atoms. The first-order valence-electron chi connectivity index (χ1n) is 9.60. The van der Waals surface area contributed by atoms with Crippen molar-refractivity contribution in [2.75, 3.05) is 20.2 Å². The summed E-state index contributed by atoms with van der Waals surface area (Å²) in [7, 11) is 3.77. The van der Waals surface area contributed by atoms with E-state index in [-0.39, 0.29) is 12.3 Å². The number of ether oxygens (including phenoxy) is 2. The number of alkyl halides is 2. The van der Waals surface area contributed by atoms with Crippen LogP contribution in [0.1, 0.15) is 31.4 Å². The van der Waals surface area contributed by atoms with E-state index >= 15 is 0 Å². The molecule has 2 rings (SSSR count). The van der Waals surface area contributed by atoms with Gasteiger partial charge in [0.2, 0.25) is 0 Å². The number of guanidine groups is 1. The number of aryl methyl sites for hydroxylation is 1. The summed E-state index contributed by atoms with van der Waals surface area (Å²) in [6.07, 6.45) is 4.56. The van der Waals surface area contributed by atoms with E-state index in [0.717, 1.165) is 12.0 Å². The molecule has 29 heavy (non-hydrogen) atoms. The molecule has 0 bridgehead atoms. The van der Waals surface area contributed by atoms with Crippen LogP contribution >= 0.6 is 0 Å². The molecule has 160 valence electrons. The quantitative estimate of drug-likeness (QED) is 0.481. The van der Waals surface area contributed by atoms with Crippen LogP contribution < -0.4 is 14.8 Å². The first-order chi connectivity index (χ1) is 13.9. The van der Waals surface area contributed by atoms with Gasteiger partial charge in [-0.25, -0.2) is 4.99 Å². The fourth-order valence-corrected chi connectivity index (χ4v) is 2.71. The van der Waals surface area contributed by atoms with Gasteiger partial charge in [0.05, 0.1) is 19.3 Å². The molecule has 0 atom stereocenters. The molecule has 1 N–H and O–H groups in total. The fourth-order valence-electron chi connectivity index (χ4n) is 2.71. The van der Waals surface area contributed by atoms with E-state index in [1.807, 2.05) is 39.0 Å². The van der Waals surface area contributed by atoms with Gasteiger partial charge in [-0.3, -0.25) is 4.68 Å². The van der Waals surface area contributed by atoms with Crippen molar-refractivity contribution in [3.63, 3.8) is 0 Å². The molecule has 0 aliphatic heterocycles. The Bertz CT molecular complexity index is 795. The Labute approximate surface area is 170 Å². The maximum atomic E-state index is 12.8. The lowest BCUT2D eigenvalue weighted by Gasteiger charge is -2.21. The predicted molar refractivity (Wildman–Crippen MR) is 108 cm³/mol. The maximum absolute atomic E-state index is 12.8. The number of hydrogen-bond donors (Lipinski definition) is 1. The lowest BCUT2D eigenvalue weighted by molar-refractivity contribution is -0.0505. The molecule has 2 aromatic rings. The number of hydrogen-bond acceptors (Lipinski definition) is 4. The van der Waals surface area contributed by atoms with Crippen LogP contribution in [0.2, 0.25) is 0 Å². The molecular formula is C20H29F2N5O2. The zero-order valence-electron chi connectivity index (χ0n) is 17.4. The molecular weight excluding hydrogens is 380 g/mol. The van der Waals surface area contributed by atoms with E-state index in [1.54, 1.807) is 23.0 Å². The van der Waals surface area contributed by atoms with Crippen LogP contribution in [0.15, 0.2) is 35.6 Å². The minimum atomic E-state index is -2.92. The average molecular weight is 409 g/mol. The summed E-state index contributed by atoms with van der Waals surface area (Å²) < 4.78 is 37.6. The van der Waals surface area contributed by atoms with Crippen molar-refractivity contribution in [3.8, 4) is 11.5 Å². The Morgan fingerprint density at radius 1 is 1.34 bits per heavy atom. The van der Waals surface area contributed by atoms with Crippen molar-refractivity contribution >= 4 is 5.96 Å². The standard InChI is InChI=1S/C20H29F2N5O2/c1-5-9-28-17-8-7-16(18(10-17)29-19(21)22)12-24-20(23-6-2)26(3)13-15-11-25-27(4)14-15/h7-8,10-11,14,19H,5-6,9,12-13H2,1-4H3,(H,23,24). The van der Waals surface area contributed by atoms with E-state index in [2.05, 4.69) is 20.1 Å². The number of rotatable bonds is 10. The Hall–Kier alpha value is -2.84. The van der Waals surface area contributed by atoms with Gasteiger partial charge >= 0.3 is 6.61 Å². The minimum Gasteiger partial charge on any atom is -0.493 e. The summed E-state index contributed by atoms with van der Waals surface area (Å²) in [5.41, 5.74) is 1.60. The van der Waals surface area contributed by atoms with Crippen LogP contribution in [-0.2, 0) is 20.1 Å². The Balaban J connectivity index is 2.17. The summed E-state index contributed by atoms with van der Waals surface area (Å²) in [5, 5.41) is 7.38. The van der Waals surface area contributed by atoms with Gasteiger partial charge in [-0.2, -0.15) is 13.9 Å². The maximum Gasteiger partial charge on any atom is 0.387 e. The first kappa shape index (κ1) is 22.4. The highest BCUT2D eigenvalue weighted by Gasteiger charge is 2.13. The number of benzene rings is 1. The van der Waals surface area contributed by atoms with E-state index in [1.165, 1.54) is 6.07 Å². The monoisotopic (exact) mass is 409 g/mol. The van der Waals surface area contributed by atoms with Crippen LogP contribution in [0, 0.1) is 0 Å². The molecule has 0 fully saturated rings. The second-order valence-corrected chi connectivity index (χ2v) is 6.54. The van der Waals surface area contributed by atoms with Crippen LogP contribution in [0.25, 0.3) is 0 Å². The van der Waals surface area contributed by atoms with Gasteiger partial charge in [0.25, 0.3) is 0 Å². The van der Waals surface area contributed by atoms with Gasteiger partial charge in [0.1, 0.15) is 11.5 Å². The molecule has 0 amide bonds. The Morgan fingerprint density at radius 2 is 2.14 bits per heavy atom. The van der Waals surface area contributed by atoms with Gasteiger partial charge < -0.3 is 19.7 Å². The number of aromatic nitrogens is 2. The van der Waals surface area contributed by atoms with Crippen molar-refractivity contribution in [1.29, 1.82) is 0 Å². The molecule has 9 heteroatoms. The van der Waals surface area contributed by atoms with Gasteiger partial charge in [0.15, 0.2) is 5.96 Å². The molecule has 7 nitrogen and oxygen atoms in total. The van der Waals surface area contributed by atoms with E-state index in [4.69, 9.17) is 4.74 Å². The van der Waals surface area contributed by atoms with Gasteiger partial charge in [0, 0.05) is 50.6 Å². The van der Waals surface area contributed by atoms with Gasteiger partial charge in [-0.05, 0) is 25.5 Å². The molecule has 0 aliphatic carbocycles. The van der Waals surface area contributed by atoms with Crippen LogP contribution in [-0.4, -0.2) is 47.5 Å². The molecule has 0 saturated heterocycles. The fraction of sp³-hybridized carbons (Fsp3) is 0.500. The van der Waals surface area contributed by atoms with Gasteiger partial charge in [-0.1, -0.05) is 6.92 Å². The number of aliphatic imine (C=N–C) groups is 1. The number of halogens is 2. The molecule has 1 aromatic carbocycles. The third kappa shape index (κ3) is 7.24. The van der Waals surface area contributed by atoms with Crippen LogP contribution in [0.4, 0.5) is 8.78 Å². The number of nitrogens with zero attached hydrogens (tertiary/aromatic N) is 4. The summed E-state index contributed by atoms with van der Waals surface area (Å²) in [6.45, 7) is 3.03. The highest BCUT2D eigenvalue weighted by molar-refractivity contribution is 5.79. The summed E-state index contributed by atoms with van der Waals surface area (Å²) in [4.78, 5) is 6.54. The summed E-state index contributed by atoms with van der Waals surface area (Å²) in [5.74, 6) is 1.23. The second kappa shape index (κ2) is 11.2. The van der Waals surface area contributed by atoms with E-state index in [0.29, 0.717) is 37.0 Å². The topological polar surface area (TPSA) is 63.9 Å². The van der Waals surface area contributed by atoms with Gasteiger partial charge in [-0.15, -0.1) is 0 Å². The van der Waals surface area contributed by atoms with E-state index < -0.39 is 6.61 Å². The van der Waals surface area contributed by atoms with Crippen molar-refractivity contribution in [2.45, 2.75) is 40.0 Å². The van der Waals surface area contributed by atoms with Crippen LogP contribution in [0.3, 0.4) is 0 Å². The molecule has 0 saturated carbocycles. The molecule has 1 aromatic heterocycles. The zero-order valence-corrected chi connectivity index (χ0v) is 17.4. The molecule has 0 unspecified atom stereocenters. The SMILES string of the molecule is CCCOc1ccc(CN=C(NCC)N(C)Cc2cnn(C)c2)c(OC(F)F)c1. The lowest BCUT2D eigenvalue weighted by atomic mass is 10.2. The van der Waals surface area contributed by atoms with Crippen molar-refractivity contribution in [2.24, 2.45) is 12.0 Å². The molecule has 0 radical (unpaired) electrons. The predicted octanol–water partition coefficient (Wildman–Crippen LogP) is 3.41. The van der Waals surface area contributed by atoms with Crippen molar-refractivity contribution in [3.05, 3.63) is 41.7 Å². The summed E-state index contributed by atoms with van der Waals surface area (Å²) >= 11 is 0. The van der Waals surface area contributed by atoms with Crippen molar-refractivity contribution in [1.82, 2.24) is 20.0 Å². The third-order valence-corrected chi connectivity index (χ3v) is 4.00. The zero-order chi connectivity index (χ0) is 21.2. The number of nitrogens with one attached hydrogen (secondary N) is 1. The second-order valence-electron chi connectivity index (χ2n) is 6.54. The summed E-state index contributed by atoms with van der Waals surface area (Å²) in [6, 6.07) is 4.93.